The van der Waals surface area contributed by atoms with Gasteiger partial charge in [0.15, 0.2) is 6.61 Å². The minimum atomic E-state index is -0.799. The van der Waals surface area contributed by atoms with Gasteiger partial charge in [-0.15, -0.1) is 0 Å². The van der Waals surface area contributed by atoms with Gasteiger partial charge in [-0.3, -0.25) is 29.6 Å². The number of ether oxygens (including phenoxy) is 2. The molecule has 2 N–H and O–H groups in total. The molecule has 0 unspecified atom stereocenters. The first-order chi connectivity index (χ1) is 15.4. The van der Waals surface area contributed by atoms with E-state index in [1.165, 1.54) is 6.07 Å². The zero-order valence-electron chi connectivity index (χ0n) is 17.3. The van der Waals surface area contributed by atoms with Crippen molar-refractivity contribution in [1.82, 2.24) is 10.4 Å². The van der Waals surface area contributed by atoms with Gasteiger partial charge in [-0.05, 0) is 43.3 Å². The van der Waals surface area contributed by atoms with Crippen LogP contribution in [-0.2, 0) is 19.1 Å². The number of hydrazine groups is 1. The first-order valence-corrected chi connectivity index (χ1v) is 10.3. The summed E-state index contributed by atoms with van der Waals surface area (Å²) >= 11 is 5.99. The predicted octanol–water partition coefficient (Wildman–Crippen LogP) is 2.41. The van der Waals surface area contributed by atoms with Crippen LogP contribution in [0.2, 0.25) is 5.02 Å². The zero-order chi connectivity index (χ0) is 23.1. The Morgan fingerprint density at radius 1 is 1.12 bits per heavy atom. The highest BCUT2D eigenvalue weighted by molar-refractivity contribution is 6.33. The SMILES string of the molecule is CCOc1ccc(NC(=O)COC(=O)[C@H]2CC(=O)N(NC(=O)c3ccccc3Cl)C2)cc1. The first-order valence-electron chi connectivity index (χ1n) is 9.92. The Hall–Kier alpha value is -3.59. The molecule has 1 atom stereocenters. The predicted molar refractivity (Wildman–Crippen MR) is 116 cm³/mol. The third kappa shape index (κ3) is 5.98. The van der Waals surface area contributed by atoms with Gasteiger partial charge >= 0.3 is 5.97 Å². The summed E-state index contributed by atoms with van der Waals surface area (Å²) < 4.78 is 10.4. The number of nitrogens with zero attached hydrogens (tertiary/aromatic N) is 1. The number of carbonyl (C=O) groups excluding carboxylic acids is 4. The highest BCUT2D eigenvalue weighted by atomic mass is 35.5. The molecule has 0 aliphatic carbocycles. The summed E-state index contributed by atoms with van der Waals surface area (Å²) in [6.07, 6.45) is -0.137. The molecule has 1 aliphatic heterocycles. The van der Waals surface area contributed by atoms with E-state index in [1.807, 2.05) is 6.92 Å². The molecule has 9 nitrogen and oxygen atoms in total. The molecular formula is C22H22ClN3O6. The van der Waals surface area contributed by atoms with Gasteiger partial charge in [-0.25, -0.2) is 0 Å². The van der Waals surface area contributed by atoms with Crippen LogP contribution in [0.4, 0.5) is 5.69 Å². The number of carbonyl (C=O) groups is 4. The van der Waals surface area contributed by atoms with Crippen LogP contribution in [0.25, 0.3) is 0 Å². The van der Waals surface area contributed by atoms with E-state index in [-0.39, 0.29) is 23.6 Å². The molecule has 0 radical (unpaired) electrons. The lowest BCUT2D eigenvalue weighted by atomic mass is 10.1. The van der Waals surface area contributed by atoms with Gasteiger partial charge in [-0.2, -0.15) is 0 Å². The molecule has 1 aliphatic rings. The van der Waals surface area contributed by atoms with Gasteiger partial charge < -0.3 is 14.8 Å². The Bertz CT molecular complexity index is 1010. The molecule has 0 saturated carbocycles. The third-order valence-corrected chi connectivity index (χ3v) is 4.94. The van der Waals surface area contributed by atoms with Crippen molar-refractivity contribution in [1.29, 1.82) is 0 Å². The van der Waals surface area contributed by atoms with Crippen LogP contribution in [0.5, 0.6) is 5.75 Å². The second-order valence-corrected chi connectivity index (χ2v) is 7.35. The van der Waals surface area contributed by atoms with Gasteiger partial charge in [0.1, 0.15) is 5.75 Å². The number of rotatable bonds is 8. The maximum absolute atomic E-state index is 12.3. The van der Waals surface area contributed by atoms with E-state index in [0.29, 0.717) is 18.0 Å². The quantitative estimate of drug-likeness (QED) is 0.586. The number of hydrogen-bond donors (Lipinski definition) is 2. The topological polar surface area (TPSA) is 114 Å². The number of amides is 3. The fourth-order valence-electron chi connectivity index (χ4n) is 3.05. The Labute approximate surface area is 189 Å². The van der Waals surface area contributed by atoms with Crippen molar-refractivity contribution in [2.24, 2.45) is 5.92 Å². The smallest absolute Gasteiger partial charge is 0.311 e. The van der Waals surface area contributed by atoms with Crippen LogP contribution in [0.3, 0.4) is 0 Å². The maximum Gasteiger partial charge on any atom is 0.311 e. The molecule has 1 heterocycles. The van der Waals surface area contributed by atoms with Crippen molar-refractivity contribution in [3.63, 3.8) is 0 Å². The molecule has 10 heteroatoms. The van der Waals surface area contributed by atoms with E-state index in [9.17, 15) is 19.2 Å². The van der Waals surface area contributed by atoms with Gasteiger partial charge in [0.05, 0.1) is 29.7 Å². The Morgan fingerprint density at radius 3 is 2.53 bits per heavy atom. The number of anilines is 1. The molecule has 168 valence electrons. The van der Waals surface area contributed by atoms with Crippen LogP contribution in [0.15, 0.2) is 48.5 Å². The fraction of sp³-hybridized carbons (Fsp3) is 0.273. The average molecular weight is 460 g/mol. The van der Waals surface area contributed by atoms with E-state index in [4.69, 9.17) is 21.1 Å². The standard InChI is InChI=1S/C22H22ClN3O6/c1-2-31-16-9-7-15(8-10-16)24-19(27)13-32-22(30)14-11-20(28)26(12-14)25-21(29)17-5-3-4-6-18(17)23/h3-10,14H,2,11-13H2,1H3,(H,24,27)(H,25,29)/t14-/m0/s1. The molecule has 3 amide bonds. The number of hydrogen-bond acceptors (Lipinski definition) is 6. The Morgan fingerprint density at radius 2 is 1.84 bits per heavy atom. The molecule has 2 aromatic rings. The van der Waals surface area contributed by atoms with Crippen LogP contribution in [0, 0.1) is 5.92 Å². The van der Waals surface area contributed by atoms with E-state index in [0.717, 1.165) is 5.01 Å². The van der Waals surface area contributed by atoms with Crippen molar-refractivity contribution in [2.45, 2.75) is 13.3 Å². The average Bonchev–Trinajstić information content (AvgIpc) is 3.14. The monoisotopic (exact) mass is 459 g/mol. The van der Waals surface area contributed by atoms with Crippen molar-refractivity contribution in [3.8, 4) is 5.75 Å². The molecule has 2 aromatic carbocycles. The highest BCUT2D eigenvalue weighted by Gasteiger charge is 2.36. The molecule has 3 rings (SSSR count). The number of halogens is 1. The molecule has 1 fully saturated rings. The zero-order valence-corrected chi connectivity index (χ0v) is 18.1. The number of nitrogens with one attached hydrogen (secondary N) is 2. The van der Waals surface area contributed by atoms with Crippen LogP contribution >= 0.6 is 11.6 Å². The van der Waals surface area contributed by atoms with Crippen LogP contribution in [-0.4, -0.2) is 48.5 Å². The fourth-order valence-corrected chi connectivity index (χ4v) is 3.28. The normalized spacial score (nSPS) is 15.2. The van der Waals surface area contributed by atoms with E-state index < -0.39 is 36.2 Å². The summed E-state index contributed by atoms with van der Waals surface area (Å²) in [5.41, 5.74) is 3.18. The van der Waals surface area contributed by atoms with Crippen molar-refractivity contribution < 1.29 is 28.7 Å². The van der Waals surface area contributed by atoms with E-state index in [2.05, 4.69) is 10.7 Å². The van der Waals surface area contributed by atoms with Gasteiger partial charge in [-0.1, -0.05) is 23.7 Å². The van der Waals surface area contributed by atoms with Crippen molar-refractivity contribution in [3.05, 3.63) is 59.1 Å². The summed E-state index contributed by atoms with van der Waals surface area (Å²) in [5.74, 6) is -2.34. The molecule has 32 heavy (non-hydrogen) atoms. The number of benzene rings is 2. The highest BCUT2D eigenvalue weighted by Crippen LogP contribution is 2.20. The van der Waals surface area contributed by atoms with Crippen LogP contribution < -0.4 is 15.5 Å². The van der Waals surface area contributed by atoms with Crippen molar-refractivity contribution in [2.75, 3.05) is 25.1 Å². The summed E-state index contributed by atoms with van der Waals surface area (Å²) in [6, 6.07) is 13.2. The lowest BCUT2D eigenvalue weighted by Gasteiger charge is -2.18. The summed E-state index contributed by atoms with van der Waals surface area (Å²) in [5, 5.41) is 3.90. The minimum Gasteiger partial charge on any atom is -0.494 e. The van der Waals surface area contributed by atoms with Crippen molar-refractivity contribution >= 4 is 41.0 Å². The van der Waals surface area contributed by atoms with Gasteiger partial charge in [0.25, 0.3) is 11.8 Å². The summed E-state index contributed by atoms with van der Waals surface area (Å²) in [7, 11) is 0. The Kier molecular flexibility index (Phi) is 7.67. The molecule has 0 aromatic heterocycles. The second-order valence-electron chi connectivity index (χ2n) is 6.94. The largest absolute Gasteiger partial charge is 0.494 e. The lowest BCUT2D eigenvalue weighted by Crippen LogP contribution is -2.43. The number of esters is 1. The van der Waals surface area contributed by atoms with E-state index >= 15 is 0 Å². The maximum atomic E-state index is 12.3. The van der Waals surface area contributed by atoms with Crippen LogP contribution in [0.1, 0.15) is 23.7 Å². The van der Waals surface area contributed by atoms with Gasteiger partial charge in [0, 0.05) is 12.1 Å². The first kappa shape index (κ1) is 23.1. The molecule has 0 spiro atoms. The van der Waals surface area contributed by atoms with E-state index in [1.54, 1.807) is 42.5 Å². The lowest BCUT2D eigenvalue weighted by molar-refractivity contribution is -0.151. The minimum absolute atomic E-state index is 0.0611. The summed E-state index contributed by atoms with van der Waals surface area (Å²) in [6.45, 7) is 1.84. The van der Waals surface area contributed by atoms with Gasteiger partial charge in [0.2, 0.25) is 5.91 Å². The molecule has 0 bridgehead atoms. The Balaban J connectivity index is 1.46. The molecule has 1 saturated heterocycles. The third-order valence-electron chi connectivity index (χ3n) is 4.61. The summed E-state index contributed by atoms with van der Waals surface area (Å²) in [4.78, 5) is 48.8. The second kappa shape index (κ2) is 10.6. The molecular weight excluding hydrogens is 438 g/mol.